The van der Waals surface area contributed by atoms with E-state index in [1.54, 1.807) is 12.1 Å². The van der Waals surface area contributed by atoms with Gasteiger partial charge in [-0.1, -0.05) is 13.0 Å². The summed E-state index contributed by atoms with van der Waals surface area (Å²) in [5.41, 5.74) is -2.69. The van der Waals surface area contributed by atoms with Gasteiger partial charge >= 0.3 is 6.18 Å². The summed E-state index contributed by atoms with van der Waals surface area (Å²) in [5, 5.41) is 23.8. The van der Waals surface area contributed by atoms with Crippen molar-refractivity contribution in [1.82, 2.24) is 4.98 Å². The van der Waals surface area contributed by atoms with Crippen LogP contribution in [0.4, 0.5) is 23.2 Å². The Balaban J connectivity index is 1.92. The van der Waals surface area contributed by atoms with Crippen molar-refractivity contribution >= 4 is 16.6 Å². The SMILES string of the molecule is C[C@@H]1C[C@@](O)(C(F)(F)F)[C@@H](Nc2cccc3[nH]c(=O)ccc23)c2cc(O)c(F)cc21. The number of alkyl halides is 3. The molecule has 9 heteroatoms. The number of aliphatic hydroxyl groups is 1. The summed E-state index contributed by atoms with van der Waals surface area (Å²) in [4.78, 5) is 14.2. The molecule has 0 spiro atoms. The van der Waals surface area contributed by atoms with Gasteiger partial charge in [-0.05, 0) is 53.8 Å². The topological polar surface area (TPSA) is 85.4 Å². The number of aromatic nitrogens is 1. The van der Waals surface area contributed by atoms with Crippen LogP contribution in [0.5, 0.6) is 5.75 Å². The van der Waals surface area contributed by atoms with Crippen LogP contribution in [0, 0.1) is 5.82 Å². The standard InChI is InChI=1S/C21H18F4N2O3/c1-10-9-20(30,21(23,24)25)19(13-8-17(28)14(22)7-12(10)13)27-16-4-2-3-15-11(16)5-6-18(29)26-15/h2-8,10,19,27-28,30H,9H2,1H3,(H,26,29)/t10-,19+,20+/m1/s1. The van der Waals surface area contributed by atoms with Crippen LogP contribution in [0.3, 0.4) is 0 Å². The summed E-state index contributed by atoms with van der Waals surface area (Å²) in [6.07, 6.45) is -5.69. The monoisotopic (exact) mass is 422 g/mol. The molecule has 0 saturated heterocycles. The Morgan fingerprint density at radius 3 is 2.60 bits per heavy atom. The van der Waals surface area contributed by atoms with Crippen molar-refractivity contribution in [3.8, 4) is 5.75 Å². The van der Waals surface area contributed by atoms with Crippen LogP contribution >= 0.6 is 0 Å². The molecule has 5 nitrogen and oxygen atoms in total. The molecular formula is C21H18F4N2O3. The molecule has 1 heterocycles. The van der Waals surface area contributed by atoms with Crippen LogP contribution in [0.15, 0.2) is 47.3 Å². The zero-order chi connectivity index (χ0) is 21.8. The number of anilines is 1. The van der Waals surface area contributed by atoms with E-state index < -0.39 is 41.7 Å². The molecule has 30 heavy (non-hydrogen) atoms. The van der Waals surface area contributed by atoms with E-state index in [-0.39, 0.29) is 22.4 Å². The van der Waals surface area contributed by atoms with Crippen molar-refractivity contribution in [2.24, 2.45) is 0 Å². The Kier molecular flexibility index (Phi) is 4.54. The van der Waals surface area contributed by atoms with Gasteiger partial charge in [0.1, 0.15) is 0 Å². The molecule has 0 fully saturated rings. The van der Waals surface area contributed by atoms with Gasteiger partial charge < -0.3 is 20.5 Å². The Morgan fingerprint density at radius 1 is 1.17 bits per heavy atom. The molecule has 2 aromatic carbocycles. The number of fused-ring (bicyclic) bond motifs is 2. The number of pyridine rings is 1. The first kappa shape index (κ1) is 20.2. The molecule has 1 aromatic heterocycles. The number of rotatable bonds is 2. The molecule has 0 radical (unpaired) electrons. The van der Waals surface area contributed by atoms with E-state index >= 15 is 0 Å². The Hall–Kier alpha value is -3.07. The second-order valence-electron chi connectivity index (χ2n) is 7.63. The van der Waals surface area contributed by atoms with Gasteiger partial charge in [0.2, 0.25) is 5.56 Å². The maximum Gasteiger partial charge on any atom is 0.419 e. The number of benzene rings is 2. The Morgan fingerprint density at radius 2 is 1.90 bits per heavy atom. The summed E-state index contributed by atoms with van der Waals surface area (Å²) < 4.78 is 56.0. The highest BCUT2D eigenvalue weighted by Gasteiger charge is 2.62. The average Bonchev–Trinajstić information content (AvgIpc) is 2.65. The molecule has 0 amide bonds. The minimum Gasteiger partial charge on any atom is -0.505 e. The predicted molar refractivity (Wildman–Crippen MR) is 103 cm³/mol. The first-order valence-electron chi connectivity index (χ1n) is 9.21. The van der Waals surface area contributed by atoms with Crippen molar-refractivity contribution in [3.63, 3.8) is 0 Å². The smallest absolute Gasteiger partial charge is 0.419 e. The minimum absolute atomic E-state index is 0.0473. The number of hydrogen-bond donors (Lipinski definition) is 4. The number of nitrogens with one attached hydrogen (secondary N) is 2. The summed E-state index contributed by atoms with van der Waals surface area (Å²) in [6.45, 7) is 1.46. The lowest BCUT2D eigenvalue weighted by molar-refractivity contribution is -0.272. The lowest BCUT2D eigenvalue weighted by Gasteiger charge is -2.45. The predicted octanol–water partition coefficient (Wildman–Crippen LogP) is 4.33. The van der Waals surface area contributed by atoms with Gasteiger partial charge in [0.05, 0.1) is 11.6 Å². The van der Waals surface area contributed by atoms with Crippen LogP contribution < -0.4 is 10.9 Å². The molecule has 3 aromatic rings. The number of H-pyrrole nitrogens is 1. The molecule has 0 unspecified atom stereocenters. The maximum atomic E-state index is 14.0. The fourth-order valence-electron chi connectivity index (χ4n) is 4.17. The Bertz CT molecular complexity index is 1190. The average molecular weight is 422 g/mol. The zero-order valence-electron chi connectivity index (χ0n) is 15.7. The van der Waals surface area contributed by atoms with Crippen LogP contribution in [-0.2, 0) is 0 Å². The zero-order valence-corrected chi connectivity index (χ0v) is 15.7. The quantitative estimate of drug-likeness (QED) is 0.463. The molecule has 4 rings (SSSR count). The second-order valence-corrected chi connectivity index (χ2v) is 7.63. The van der Waals surface area contributed by atoms with E-state index in [4.69, 9.17) is 0 Å². The van der Waals surface area contributed by atoms with Crippen LogP contribution in [0.2, 0.25) is 0 Å². The Labute approximate surface area is 168 Å². The third-order valence-electron chi connectivity index (χ3n) is 5.65. The second kappa shape index (κ2) is 6.73. The molecule has 0 bridgehead atoms. The number of halogens is 4. The van der Waals surface area contributed by atoms with Gasteiger partial charge in [-0.25, -0.2) is 4.39 Å². The summed E-state index contributed by atoms with van der Waals surface area (Å²) in [5.74, 6) is -2.55. The van der Waals surface area contributed by atoms with Gasteiger partial charge in [-0.15, -0.1) is 0 Å². The fourth-order valence-corrected chi connectivity index (χ4v) is 4.17. The largest absolute Gasteiger partial charge is 0.505 e. The van der Waals surface area contributed by atoms with Gasteiger partial charge in [-0.3, -0.25) is 4.79 Å². The van der Waals surface area contributed by atoms with Crippen molar-refractivity contribution in [3.05, 3.63) is 69.8 Å². The van der Waals surface area contributed by atoms with E-state index in [1.165, 1.54) is 25.1 Å². The highest BCUT2D eigenvalue weighted by molar-refractivity contribution is 5.91. The number of aromatic amines is 1. The molecule has 0 aliphatic heterocycles. The van der Waals surface area contributed by atoms with Gasteiger partial charge in [-0.2, -0.15) is 13.2 Å². The van der Waals surface area contributed by atoms with Gasteiger partial charge in [0.25, 0.3) is 0 Å². The summed E-state index contributed by atoms with van der Waals surface area (Å²) >= 11 is 0. The molecule has 1 aliphatic rings. The van der Waals surface area contributed by atoms with E-state index in [0.29, 0.717) is 10.9 Å². The first-order chi connectivity index (χ1) is 14.0. The maximum absolute atomic E-state index is 14.0. The molecule has 0 saturated carbocycles. The molecule has 4 N–H and O–H groups in total. The van der Waals surface area contributed by atoms with E-state index in [2.05, 4.69) is 10.3 Å². The highest BCUT2D eigenvalue weighted by atomic mass is 19.4. The number of phenols is 1. The lowest BCUT2D eigenvalue weighted by Crippen LogP contribution is -2.55. The van der Waals surface area contributed by atoms with Gasteiger partial charge in [0, 0.05) is 17.1 Å². The molecular weight excluding hydrogens is 404 g/mol. The van der Waals surface area contributed by atoms with Gasteiger partial charge in [0.15, 0.2) is 17.2 Å². The third-order valence-corrected chi connectivity index (χ3v) is 5.65. The lowest BCUT2D eigenvalue weighted by atomic mass is 9.70. The van der Waals surface area contributed by atoms with Crippen LogP contribution in [-0.4, -0.2) is 27.0 Å². The number of phenolic OH excluding ortho intramolecular Hbond substituents is 1. The molecule has 158 valence electrons. The van der Waals surface area contributed by atoms with Crippen molar-refractivity contribution < 1.29 is 27.8 Å². The molecule has 3 atom stereocenters. The number of hydrogen-bond acceptors (Lipinski definition) is 4. The molecule has 1 aliphatic carbocycles. The fraction of sp³-hybridized carbons (Fsp3) is 0.286. The normalized spacial score (nSPS) is 23.9. The highest BCUT2D eigenvalue weighted by Crippen LogP contribution is 2.53. The number of aromatic hydroxyl groups is 1. The van der Waals surface area contributed by atoms with Crippen LogP contribution in [0.25, 0.3) is 10.9 Å². The third kappa shape index (κ3) is 3.09. The van der Waals surface area contributed by atoms with Crippen molar-refractivity contribution in [1.29, 1.82) is 0 Å². The van der Waals surface area contributed by atoms with Crippen molar-refractivity contribution in [2.75, 3.05) is 5.32 Å². The summed E-state index contributed by atoms with van der Waals surface area (Å²) in [7, 11) is 0. The van der Waals surface area contributed by atoms with E-state index in [0.717, 1.165) is 12.1 Å². The minimum atomic E-state index is -5.00. The van der Waals surface area contributed by atoms with Crippen molar-refractivity contribution in [2.45, 2.75) is 37.1 Å². The first-order valence-corrected chi connectivity index (χ1v) is 9.21. The van der Waals surface area contributed by atoms with E-state index in [9.17, 15) is 32.6 Å². The van der Waals surface area contributed by atoms with Crippen LogP contribution in [0.1, 0.15) is 36.4 Å². The summed E-state index contributed by atoms with van der Waals surface area (Å²) in [6, 6.07) is 7.55. The van der Waals surface area contributed by atoms with E-state index in [1.807, 2.05) is 0 Å².